The minimum absolute atomic E-state index is 0.373. The van der Waals surface area contributed by atoms with Crippen molar-refractivity contribution >= 4 is 0 Å². The second kappa shape index (κ2) is 11.0. The molecule has 3 nitrogen and oxygen atoms in total. The lowest BCUT2D eigenvalue weighted by molar-refractivity contribution is 0.0501. The minimum atomic E-state index is 0.373. The number of hydrogen-bond acceptors (Lipinski definition) is 3. The van der Waals surface area contributed by atoms with Gasteiger partial charge in [-0.2, -0.15) is 0 Å². The molecule has 0 aromatic heterocycles. The Morgan fingerprint density at radius 2 is 1.24 bits per heavy atom. The van der Waals surface area contributed by atoms with E-state index in [-0.39, 0.29) is 0 Å². The molecule has 0 amide bonds. The van der Waals surface area contributed by atoms with Gasteiger partial charge in [0.05, 0.1) is 12.2 Å². The fourth-order valence-electron chi connectivity index (χ4n) is 1.89. The minimum Gasteiger partial charge on any atom is -0.379 e. The van der Waals surface area contributed by atoms with Gasteiger partial charge in [0.1, 0.15) is 0 Å². The Labute approximate surface area is 107 Å². The zero-order valence-electron chi connectivity index (χ0n) is 12.4. The summed E-state index contributed by atoms with van der Waals surface area (Å²) in [6.07, 6.45) is 2.98. The Hall–Kier alpha value is -0.120. The van der Waals surface area contributed by atoms with E-state index in [0.29, 0.717) is 12.2 Å². The van der Waals surface area contributed by atoms with Gasteiger partial charge >= 0.3 is 0 Å². The van der Waals surface area contributed by atoms with Gasteiger partial charge in [0.25, 0.3) is 0 Å². The molecule has 2 atom stereocenters. The van der Waals surface area contributed by atoms with Crippen molar-refractivity contribution in [1.82, 2.24) is 4.90 Å². The highest BCUT2D eigenvalue weighted by Crippen LogP contribution is 2.04. The van der Waals surface area contributed by atoms with Crippen LogP contribution < -0.4 is 0 Å². The first-order valence-corrected chi connectivity index (χ1v) is 7.09. The summed E-state index contributed by atoms with van der Waals surface area (Å²) in [7, 11) is 0. The molecule has 0 fully saturated rings. The molecule has 0 rings (SSSR count). The first-order valence-electron chi connectivity index (χ1n) is 7.09. The van der Waals surface area contributed by atoms with Gasteiger partial charge in [-0.15, -0.1) is 0 Å². The predicted molar refractivity (Wildman–Crippen MR) is 73.5 cm³/mol. The average Bonchev–Trinajstić information content (AvgIpc) is 2.30. The number of rotatable bonds is 11. The van der Waals surface area contributed by atoms with Crippen LogP contribution in [0.5, 0.6) is 0 Å². The SMILES string of the molecule is CCOC(C)CCN(CC)CCC(C)OCC. The lowest BCUT2D eigenvalue weighted by Crippen LogP contribution is -2.30. The molecule has 3 heteroatoms. The predicted octanol–water partition coefficient (Wildman–Crippen LogP) is 2.94. The Kier molecular flexibility index (Phi) is 10.9. The second-order valence-electron chi connectivity index (χ2n) is 4.54. The largest absolute Gasteiger partial charge is 0.379 e. The van der Waals surface area contributed by atoms with Gasteiger partial charge in [0.2, 0.25) is 0 Å². The van der Waals surface area contributed by atoms with E-state index in [9.17, 15) is 0 Å². The Bertz CT molecular complexity index is 148. The Balaban J connectivity index is 3.68. The van der Waals surface area contributed by atoms with Gasteiger partial charge < -0.3 is 14.4 Å². The maximum Gasteiger partial charge on any atom is 0.0559 e. The van der Waals surface area contributed by atoms with Crippen LogP contribution in [-0.4, -0.2) is 50.0 Å². The smallest absolute Gasteiger partial charge is 0.0559 e. The third kappa shape index (κ3) is 9.57. The topological polar surface area (TPSA) is 21.7 Å². The highest BCUT2D eigenvalue weighted by molar-refractivity contribution is 4.62. The molecule has 0 aromatic rings. The number of ether oxygens (including phenoxy) is 2. The summed E-state index contributed by atoms with van der Waals surface area (Å²) >= 11 is 0. The normalized spacial score (nSPS) is 15.2. The fourth-order valence-corrected chi connectivity index (χ4v) is 1.89. The molecule has 17 heavy (non-hydrogen) atoms. The summed E-state index contributed by atoms with van der Waals surface area (Å²) in [5, 5.41) is 0. The molecule has 2 unspecified atom stereocenters. The van der Waals surface area contributed by atoms with Crippen LogP contribution in [0.4, 0.5) is 0 Å². The van der Waals surface area contributed by atoms with Gasteiger partial charge in [0.15, 0.2) is 0 Å². The summed E-state index contributed by atoms with van der Waals surface area (Å²) in [6, 6.07) is 0. The summed E-state index contributed by atoms with van der Waals surface area (Å²) < 4.78 is 11.1. The van der Waals surface area contributed by atoms with Crippen LogP contribution in [0.3, 0.4) is 0 Å². The maximum atomic E-state index is 5.55. The highest BCUT2D eigenvalue weighted by Gasteiger charge is 2.08. The van der Waals surface area contributed by atoms with Gasteiger partial charge in [-0.1, -0.05) is 6.92 Å². The third-order valence-electron chi connectivity index (χ3n) is 3.05. The quantitative estimate of drug-likeness (QED) is 0.558. The molecule has 0 aromatic carbocycles. The van der Waals surface area contributed by atoms with E-state index in [1.807, 2.05) is 0 Å². The molecule has 104 valence electrons. The van der Waals surface area contributed by atoms with Crippen LogP contribution in [0.2, 0.25) is 0 Å². The monoisotopic (exact) mass is 245 g/mol. The molecular weight excluding hydrogens is 214 g/mol. The molecule has 0 radical (unpaired) electrons. The number of hydrogen-bond donors (Lipinski definition) is 0. The third-order valence-corrected chi connectivity index (χ3v) is 3.05. The molecule has 0 heterocycles. The molecular formula is C14H31NO2. The molecule has 0 aliphatic rings. The van der Waals surface area contributed by atoms with Crippen molar-refractivity contribution in [2.24, 2.45) is 0 Å². The van der Waals surface area contributed by atoms with Crippen LogP contribution in [-0.2, 0) is 9.47 Å². The van der Waals surface area contributed by atoms with Crippen LogP contribution in [0, 0.1) is 0 Å². The lowest BCUT2D eigenvalue weighted by Gasteiger charge is -2.23. The zero-order valence-corrected chi connectivity index (χ0v) is 12.4. The van der Waals surface area contributed by atoms with Gasteiger partial charge in [-0.05, 0) is 47.1 Å². The van der Waals surface area contributed by atoms with Crippen molar-refractivity contribution in [1.29, 1.82) is 0 Å². The summed E-state index contributed by atoms with van der Waals surface area (Å²) in [6.45, 7) is 15.6. The lowest BCUT2D eigenvalue weighted by atomic mass is 10.2. The van der Waals surface area contributed by atoms with Crippen LogP contribution >= 0.6 is 0 Å². The molecule has 0 saturated heterocycles. The van der Waals surface area contributed by atoms with E-state index in [4.69, 9.17) is 9.47 Å². The van der Waals surface area contributed by atoms with Crippen LogP contribution in [0.1, 0.15) is 47.5 Å². The van der Waals surface area contributed by atoms with Crippen molar-refractivity contribution in [3.63, 3.8) is 0 Å². The van der Waals surface area contributed by atoms with Gasteiger partial charge in [-0.25, -0.2) is 0 Å². The molecule has 0 aliphatic heterocycles. The molecule has 0 aliphatic carbocycles. The van der Waals surface area contributed by atoms with Crippen molar-refractivity contribution in [3.8, 4) is 0 Å². The van der Waals surface area contributed by atoms with Crippen LogP contribution in [0.25, 0.3) is 0 Å². The molecule has 0 spiro atoms. The average molecular weight is 245 g/mol. The maximum absolute atomic E-state index is 5.55. The highest BCUT2D eigenvalue weighted by atomic mass is 16.5. The van der Waals surface area contributed by atoms with E-state index in [1.54, 1.807) is 0 Å². The summed E-state index contributed by atoms with van der Waals surface area (Å²) in [4.78, 5) is 2.48. The zero-order chi connectivity index (χ0) is 13.1. The Morgan fingerprint density at radius 1 is 0.824 bits per heavy atom. The summed E-state index contributed by atoms with van der Waals surface area (Å²) in [5.74, 6) is 0. The molecule has 0 saturated carbocycles. The van der Waals surface area contributed by atoms with Gasteiger partial charge in [0, 0.05) is 26.3 Å². The van der Waals surface area contributed by atoms with Crippen molar-refractivity contribution in [2.45, 2.75) is 59.7 Å². The van der Waals surface area contributed by atoms with E-state index >= 15 is 0 Å². The Morgan fingerprint density at radius 3 is 1.53 bits per heavy atom. The number of nitrogens with zero attached hydrogens (tertiary/aromatic N) is 1. The first kappa shape index (κ1) is 16.9. The van der Waals surface area contributed by atoms with E-state index < -0.39 is 0 Å². The fraction of sp³-hybridized carbons (Fsp3) is 1.00. The second-order valence-corrected chi connectivity index (χ2v) is 4.54. The molecule has 0 N–H and O–H groups in total. The van der Waals surface area contributed by atoms with E-state index in [0.717, 1.165) is 45.7 Å². The summed E-state index contributed by atoms with van der Waals surface area (Å²) in [5.41, 5.74) is 0. The van der Waals surface area contributed by atoms with Gasteiger partial charge in [-0.3, -0.25) is 0 Å². The van der Waals surface area contributed by atoms with E-state index in [2.05, 4.69) is 39.5 Å². The van der Waals surface area contributed by atoms with Crippen molar-refractivity contribution in [2.75, 3.05) is 32.8 Å². The van der Waals surface area contributed by atoms with E-state index in [1.165, 1.54) is 0 Å². The van der Waals surface area contributed by atoms with Crippen molar-refractivity contribution in [3.05, 3.63) is 0 Å². The molecule has 0 bridgehead atoms. The van der Waals surface area contributed by atoms with Crippen LogP contribution in [0.15, 0.2) is 0 Å². The standard InChI is InChI=1S/C14H31NO2/c1-6-15(11-9-13(4)16-7-2)12-10-14(5)17-8-3/h13-14H,6-12H2,1-5H3. The first-order chi connectivity index (χ1) is 8.13. The van der Waals surface area contributed by atoms with Crippen molar-refractivity contribution < 1.29 is 9.47 Å².